The van der Waals surface area contributed by atoms with Gasteiger partial charge in [0, 0.05) is 46.0 Å². The molecule has 0 spiro atoms. The van der Waals surface area contributed by atoms with Crippen molar-refractivity contribution in [1.29, 1.82) is 0 Å². The zero-order valence-electron chi connectivity index (χ0n) is 13.5. The monoisotopic (exact) mass is 324 g/mol. The third kappa shape index (κ3) is 3.85. The van der Waals surface area contributed by atoms with Gasteiger partial charge >= 0.3 is 0 Å². The minimum absolute atomic E-state index is 0.254. The van der Waals surface area contributed by atoms with Gasteiger partial charge in [-0.25, -0.2) is 13.4 Å². The highest BCUT2D eigenvalue weighted by Gasteiger charge is 2.27. The van der Waals surface area contributed by atoms with Gasteiger partial charge < -0.3 is 9.80 Å². The van der Waals surface area contributed by atoms with E-state index in [9.17, 15) is 8.42 Å². The standard InChI is InChI=1S/C15H24N4O2S/c1-13(2)12-18(4)15-6-5-14(11-16-15)22(20,21)19-9-7-17(3)8-10-19/h5-6,11H,1,7-10,12H2,2-4H3. The first-order valence-electron chi connectivity index (χ1n) is 7.31. The van der Waals surface area contributed by atoms with E-state index in [1.165, 1.54) is 10.5 Å². The van der Waals surface area contributed by atoms with Crippen LogP contribution in [0.15, 0.2) is 35.4 Å². The van der Waals surface area contributed by atoms with Gasteiger partial charge in [0.2, 0.25) is 10.0 Å². The van der Waals surface area contributed by atoms with Crippen molar-refractivity contribution >= 4 is 15.8 Å². The molecule has 1 aromatic rings. The molecule has 22 heavy (non-hydrogen) atoms. The van der Waals surface area contributed by atoms with Gasteiger partial charge in [0.15, 0.2) is 0 Å². The minimum atomic E-state index is -3.44. The molecule has 1 fully saturated rings. The van der Waals surface area contributed by atoms with Crippen molar-refractivity contribution in [2.45, 2.75) is 11.8 Å². The van der Waals surface area contributed by atoms with Crippen LogP contribution >= 0.6 is 0 Å². The molecule has 0 saturated carbocycles. The molecular formula is C15H24N4O2S. The number of nitrogens with zero attached hydrogens (tertiary/aromatic N) is 4. The Kier molecular flexibility index (Phi) is 5.20. The summed E-state index contributed by atoms with van der Waals surface area (Å²) >= 11 is 0. The van der Waals surface area contributed by atoms with Crippen LogP contribution in [0.5, 0.6) is 0 Å². The number of pyridine rings is 1. The van der Waals surface area contributed by atoms with Crippen LogP contribution in [0, 0.1) is 0 Å². The predicted octanol–water partition coefficient (Wildman–Crippen LogP) is 1.03. The zero-order chi connectivity index (χ0) is 16.3. The molecule has 0 radical (unpaired) electrons. The maximum Gasteiger partial charge on any atom is 0.244 e. The number of hydrogen-bond donors (Lipinski definition) is 0. The van der Waals surface area contributed by atoms with E-state index < -0.39 is 10.0 Å². The van der Waals surface area contributed by atoms with Crippen LogP contribution in [-0.4, -0.2) is 69.4 Å². The van der Waals surface area contributed by atoms with Crippen molar-refractivity contribution in [2.75, 3.05) is 51.7 Å². The molecule has 0 bridgehead atoms. The fourth-order valence-electron chi connectivity index (χ4n) is 2.41. The zero-order valence-corrected chi connectivity index (χ0v) is 14.3. The van der Waals surface area contributed by atoms with Crippen LogP contribution < -0.4 is 4.90 Å². The number of rotatable bonds is 5. The average molecular weight is 324 g/mol. The maximum atomic E-state index is 12.6. The molecule has 2 heterocycles. The van der Waals surface area contributed by atoms with E-state index in [0.717, 1.165) is 24.5 Å². The van der Waals surface area contributed by atoms with Crippen LogP contribution in [0.4, 0.5) is 5.82 Å². The second kappa shape index (κ2) is 6.76. The van der Waals surface area contributed by atoms with Crippen molar-refractivity contribution in [2.24, 2.45) is 0 Å². The second-order valence-corrected chi connectivity index (χ2v) is 7.81. The Morgan fingerprint density at radius 1 is 1.32 bits per heavy atom. The smallest absolute Gasteiger partial charge is 0.244 e. The van der Waals surface area contributed by atoms with E-state index in [4.69, 9.17) is 0 Å². The summed E-state index contributed by atoms with van der Waals surface area (Å²) in [6.45, 7) is 9.07. The van der Waals surface area contributed by atoms with Gasteiger partial charge in [-0.1, -0.05) is 12.2 Å². The molecular weight excluding hydrogens is 300 g/mol. The van der Waals surface area contributed by atoms with Gasteiger partial charge in [0.05, 0.1) is 0 Å². The van der Waals surface area contributed by atoms with Crippen LogP contribution in [0.25, 0.3) is 0 Å². The maximum absolute atomic E-state index is 12.6. The molecule has 0 N–H and O–H groups in total. The summed E-state index contributed by atoms with van der Waals surface area (Å²) < 4.78 is 26.7. The Balaban J connectivity index is 2.13. The molecule has 0 amide bonds. The van der Waals surface area contributed by atoms with E-state index in [2.05, 4.69) is 16.5 Å². The summed E-state index contributed by atoms with van der Waals surface area (Å²) in [5, 5.41) is 0. The molecule has 0 unspecified atom stereocenters. The van der Waals surface area contributed by atoms with Gasteiger partial charge in [-0.05, 0) is 26.1 Å². The molecule has 0 aliphatic carbocycles. The van der Waals surface area contributed by atoms with Crippen LogP contribution in [0.1, 0.15) is 6.92 Å². The highest BCUT2D eigenvalue weighted by Crippen LogP contribution is 2.19. The predicted molar refractivity (Wildman–Crippen MR) is 88.6 cm³/mol. The topological polar surface area (TPSA) is 56.8 Å². The Hall–Kier alpha value is -1.44. The number of piperazine rings is 1. The summed E-state index contributed by atoms with van der Waals surface area (Å²) in [5.74, 6) is 0.736. The molecule has 1 aliphatic rings. The van der Waals surface area contributed by atoms with Gasteiger partial charge in [0.1, 0.15) is 10.7 Å². The average Bonchev–Trinajstić information content (AvgIpc) is 2.47. The Labute approximate surface area is 133 Å². The highest BCUT2D eigenvalue weighted by atomic mass is 32.2. The van der Waals surface area contributed by atoms with E-state index in [-0.39, 0.29) is 4.90 Å². The Bertz CT molecular complexity index is 619. The van der Waals surface area contributed by atoms with Gasteiger partial charge in [0.25, 0.3) is 0 Å². The van der Waals surface area contributed by atoms with Crippen LogP contribution in [0.3, 0.4) is 0 Å². The van der Waals surface area contributed by atoms with Crippen molar-refractivity contribution < 1.29 is 8.42 Å². The van der Waals surface area contributed by atoms with Crippen LogP contribution in [-0.2, 0) is 10.0 Å². The SMILES string of the molecule is C=C(C)CN(C)c1ccc(S(=O)(=O)N2CCN(C)CC2)cn1. The van der Waals surface area contributed by atoms with Crippen molar-refractivity contribution in [1.82, 2.24) is 14.2 Å². The number of sulfonamides is 1. The first-order valence-corrected chi connectivity index (χ1v) is 8.75. The lowest BCUT2D eigenvalue weighted by Crippen LogP contribution is -2.47. The quantitative estimate of drug-likeness (QED) is 0.757. The van der Waals surface area contributed by atoms with Crippen LogP contribution in [0.2, 0.25) is 0 Å². The molecule has 0 atom stereocenters. The Morgan fingerprint density at radius 2 is 1.95 bits per heavy atom. The summed E-state index contributed by atoms with van der Waals surface area (Å²) in [4.78, 5) is 8.59. The summed E-state index contributed by atoms with van der Waals surface area (Å²) in [5.41, 5.74) is 1.03. The molecule has 2 rings (SSSR count). The molecule has 1 saturated heterocycles. The lowest BCUT2D eigenvalue weighted by atomic mass is 10.3. The number of likely N-dealkylation sites (N-methyl/N-ethyl adjacent to an activating group) is 2. The number of anilines is 1. The summed E-state index contributed by atoms with van der Waals surface area (Å²) in [7, 11) is 0.463. The molecule has 1 aromatic heterocycles. The second-order valence-electron chi connectivity index (χ2n) is 5.87. The molecule has 1 aliphatic heterocycles. The Morgan fingerprint density at radius 3 is 2.45 bits per heavy atom. The molecule has 0 aromatic carbocycles. The van der Waals surface area contributed by atoms with E-state index in [0.29, 0.717) is 19.6 Å². The van der Waals surface area contributed by atoms with E-state index in [1.54, 1.807) is 12.1 Å². The first-order chi connectivity index (χ1) is 10.3. The van der Waals surface area contributed by atoms with E-state index in [1.807, 2.05) is 25.9 Å². The normalized spacial score (nSPS) is 17.4. The van der Waals surface area contributed by atoms with Crippen molar-refractivity contribution in [3.63, 3.8) is 0 Å². The van der Waals surface area contributed by atoms with Crippen molar-refractivity contribution in [3.05, 3.63) is 30.5 Å². The lowest BCUT2D eigenvalue weighted by Gasteiger charge is -2.31. The highest BCUT2D eigenvalue weighted by molar-refractivity contribution is 7.89. The molecule has 122 valence electrons. The van der Waals surface area contributed by atoms with E-state index >= 15 is 0 Å². The third-order valence-corrected chi connectivity index (χ3v) is 5.60. The first kappa shape index (κ1) is 16.9. The number of aromatic nitrogens is 1. The lowest BCUT2D eigenvalue weighted by molar-refractivity contribution is 0.222. The molecule has 6 nitrogen and oxygen atoms in total. The van der Waals surface area contributed by atoms with Gasteiger partial charge in [-0.15, -0.1) is 0 Å². The largest absolute Gasteiger partial charge is 0.356 e. The summed E-state index contributed by atoms with van der Waals surface area (Å²) in [6, 6.07) is 3.37. The fraction of sp³-hybridized carbons (Fsp3) is 0.533. The fourth-order valence-corrected chi connectivity index (χ4v) is 3.78. The summed E-state index contributed by atoms with van der Waals surface area (Å²) in [6.07, 6.45) is 1.44. The molecule has 7 heteroatoms. The van der Waals surface area contributed by atoms with Crippen molar-refractivity contribution in [3.8, 4) is 0 Å². The third-order valence-electron chi connectivity index (χ3n) is 3.72. The minimum Gasteiger partial charge on any atom is -0.356 e. The van der Waals surface area contributed by atoms with Gasteiger partial charge in [-0.2, -0.15) is 4.31 Å². The number of hydrogen-bond acceptors (Lipinski definition) is 5. The van der Waals surface area contributed by atoms with Gasteiger partial charge in [-0.3, -0.25) is 0 Å².